The van der Waals surface area contributed by atoms with Crippen LogP contribution in [-0.2, 0) is 9.09 Å². The smallest absolute Gasteiger partial charge is 0.492 e. The van der Waals surface area contributed by atoms with Crippen LogP contribution in [0.3, 0.4) is 0 Å². The number of rotatable bonds is 3. The van der Waals surface area contributed by atoms with Gasteiger partial charge in [0, 0.05) is 0 Å². The highest BCUT2D eigenvalue weighted by atomic mass is 31.1. The Balaban J connectivity index is 3.04. The molecule has 0 bridgehead atoms. The summed E-state index contributed by atoms with van der Waals surface area (Å²) in [5.41, 5.74) is 0. The summed E-state index contributed by atoms with van der Waals surface area (Å²) in [5, 5.41) is 0.595. The molecule has 0 aliphatic carbocycles. The van der Waals surface area contributed by atoms with Crippen molar-refractivity contribution in [2.45, 2.75) is 0 Å². The molecule has 0 saturated carbocycles. The number of hydrogen-bond donors (Lipinski definition) is 0. The normalized spacial score (nSPS) is 11.0. The molecule has 4 heteroatoms. The van der Waals surface area contributed by atoms with Crippen LogP contribution in [-0.4, -0.2) is 14.2 Å². The van der Waals surface area contributed by atoms with Crippen molar-refractivity contribution in [2.24, 2.45) is 0 Å². The average molecular weight is 185 g/mol. The Hall–Kier alpha value is -0.920. The van der Waals surface area contributed by atoms with Crippen molar-refractivity contribution >= 4 is 13.3 Å². The average Bonchev–Trinajstić information content (AvgIpc) is 2.16. The van der Waals surface area contributed by atoms with Crippen LogP contribution in [0.15, 0.2) is 24.3 Å². The van der Waals surface area contributed by atoms with Crippen LogP contribution < -0.4 is 10.0 Å². The molecule has 0 spiro atoms. The topological polar surface area (TPSA) is 35.5 Å². The minimum atomic E-state index is -1.78. The van der Waals surface area contributed by atoms with Gasteiger partial charge in [-0.05, 0) is 16.7 Å². The van der Waals surface area contributed by atoms with Crippen molar-refractivity contribution in [1.29, 1.82) is 0 Å². The molecular weight excluding hydrogens is 175 g/mol. The van der Waals surface area contributed by atoms with Gasteiger partial charge in [0.15, 0.2) is 5.75 Å². The zero-order chi connectivity index (χ0) is 8.97. The predicted molar refractivity (Wildman–Crippen MR) is 47.2 cm³/mol. The Labute approximate surface area is 72.2 Å². The van der Waals surface area contributed by atoms with Crippen LogP contribution in [0, 0.1) is 0 Å². The van der Waals surface area contributed by atoms with Gasteiger partial charge in [-0.3, -0.25) is 0 Å². The van der Waals surface area contributed by atoms with Gasteiger partial charge in [0.05, 0.1) is 14.2 Å². The van der Waals surface area contributed by atoms with Crippen molar-refractivity contribution in [3.8, 4) is 5.75 Å². The maximum absolute atomic E-state index is 11.2. The van der Waals surface area contributed by atoms with Crippen molar-refractivity contribution in [3.63, 3.8) is 0 Å². The lowest BCUT2D eigenvalue weighted by Crippen LogP contribution is -2.02. The molecule has 0 aliphatic heterocycles. The van der Waals surface area contributed by atoms with E-state index in [2.05, 4.69) is 0 Å². The van der Waals surface area contributed by atoms with E-state index in [1.807, 2.05) is 6.07 Å². The predicted octanol–water partition coefficient (Wildman–Crippen LogP) is 1.71. The fourth-order valence-electron chi connectivity index (χ4n) is 0.879. The van der Waals surface area contributed by atoms with Crippen LogP contribution in [0.1, 0.15) is 0 Å². The molecule has 1 atom stereocenters. The number of para-hydroxylation sites is 1. The van der Waals surface area contributed by atoms with Crippen molar-refractivity contribution in [3.05, 3.63) is 24.3 Å². The zero-order valence-electron chi connectivity index (χ0n) is 6.98. The van der Waals surface area contributed by atoms with Gasteiger partial charge in [-0.2, -0.15) is 0 Å². The standard InChI is InChI=1S/C8H10O3P/c1-10-7-5-3-4-6-8(7)12(9)11-2/h3-6H,1-2H3/q+1. The van der Waals surface area contributed by atoms with E-state index in [1.165, 1.54) is 14.2 Å². The van der Waals surface area contributed by atoms with Crippen molar-refractivity contribution in [1.82, 2.24) is 0 Å². The summed E-state index contributed by atoms with van der Waals surface area (Å²) in [6, 6.07) is 7.09. The highest BCUT2D eigenvalue weighted by Gasteiger charge is 2.24. The second kappa shape index (κ2) is 4.19. The molecule has 0 aromatic heterocycles. The van der Waals surface area contributed by atoms with Crippen LogP contribution in [0.5, 0.6) is 5.75 Å². The highest BCUT2D eigenvalue weighted by molar-refractivity contribution is 7.48. The lowest BCUT2D eigenvalue weighted by Gasteiger charge is -1.96. The summed E-state index contributed by atoms with van der Waals surface area (Å²) in [4.78, 5) is 0. The second-order valence-electron chi connectivity index (χ2n) is 2.11. The molecule has 3 nitrogen and oxygen atoms in total. The molecule has 0 N–H and O–H groups in total. The third-order valence-electron chi connectivity index (χ3n) is 1.45. The summed E-state index contributed by atoms with van der Waals surface area (Å²) in [6.45, 7) is 0. The SMILES string of the molecule is COc1ccccc1[P+](=O)OC. The Bertz CT molecular complexity index is 285. The Morgan fingerprint density at radius 2 is 1.92 bits per heavy atom. The molecule has 12 heavy (non-hydrogen) atoms. The minimum absolute atomic E-state index is 0.595. The Morgan fingerprint density at radius 3 is 2.50 bits per heavy atom. The lowest BCUT2D eigenvalue weighted by molar-refractivity contribution is 0.408. The Morgan fingerprint density at radius 1 is 1.25 bits per heavy atom. The number of ether oxygens (including phenoxy) is 1. The first-order valence-electron chi connectivity index (χ1n) is 3.44. The maximum atomic E-state index is 11.2. The van der Waals surface area contributed by atoms with E-state index in [9.17, 15) is 4.57 Å². The molecule has 0 amide bonds. The summed E-state index contributed by atoms with van der Waals surface area (Å²) in [5.74, 6) is 0.598. The highest BCUT2D eigenvalue weighted by Crippen LogP contribution is 2.25. The fraction of sp³-hybridized carbons (Fsp3) is 0.250. The third-order valence-corrected chi connectivity index (χ3v) is 2.54. The number of methoxy groups -OCH3 is 1. The molecule has 0 heterocycles. The monoisotopic (exact) mass is 185 g/mol. The van der Waals surface area contributed by atoms with Gasteiger partial charge in [0.1, 0.15) is 0 Å². The molecule has 64 valence electrons. The van der Waals surface area contributed by atoms with Crippen molar-refractivity contribution < 1.29 is 13.8 Å². The maximum Gasteiger partial charge on any atom is 0.552 e. The minimum Gasteiger partial charge on any atom is -0.492 e. The summed E-state index contributed by atoms with van der Waals surface area (Å²) < 4.78 is 21.0. The van der Waals surface area contributed by atoms with Crippen LogP contribution >= 0.6 is 8.03 Å². The third kappa shape index (κ3) is 1.81. The molecule has 0 radical (unpaired) electrons. The summed E-state index contributed by atoms with van der Waals surface area (Å²) >= 11 is 0. The molecule has 0 fully saturated rings. The molecular formula is C8H10O3P+. The van der Waals surface area contributed by atoms with E-state index < -0.39 is 8.03 Å². The fourth-order valence-corrected chi connectivity index (χ4v) is 1.63. The molecule has 0 saturated heterocycles. The van der Waals surface area contributed by atoms with E-state index in [4.69, 9.17) is 9.26 Å². The van der Waals surface area contributed by atoms with E-state index >= 15 is 0 Å². The second-order valence-corrected chi connectivity index (χ2v) is 3.47. The molecule has 1 unspecified atom stereocenters. The molecule has 1 rings (SSSR count). The van der Waals surface area contributed by atoms with Crippen LogP contribution in [0.2, 0.25) is 0 Å². The van der Waals surface area contributed by atoms with E-state index in [1.54, 1.807) is 18.2 Å². The van der Waals surface area contributed by atoms with Gasteiger partial charge in [0.25, 0.3) is 5.30 Å². The van der Waals surface area contributed by atoms with Gasteiger partial charge >= 0.3 is 8.03 Å². The van der Waals surface area contributed by atoms with Gasteiger partial charge in [-0.1, -0.05) is 12.1 Å². The van der Waals surface area contributed by atoms with E-state index in [-0.39, 0.29) is 0 Å². The first-order chi connectivity index (χ1) is 5.79. The first kappa shape index (κ1) is 9.17. The quantitative estimate of drug-likeness (QED) is 0.672. The van der Waals surface area contributed by atoms with Gasteiger partial charge < -0.3 is 4.74 Å². The van der Waals surface area contributed by atoms with Gasteiger partial charge in [-0.25, -0.2) is 0 Å². The summed E-state index contributed by atoms with van der Waals surface area (Å²) in [7, 11) is 1.17. The number of hydrogen-bond acceptors (Lipinski definition) is 3. The Kier molecular flexibility index (Phi) is 3.20. The number of benzene rings is 1. The van der Waals surface area contributed by atoms with E-state index in [0.29, 0.717) is 11.1 Å². The molecule has 1 aromatic rings. The zero-order valence-corrected chi connectivity index (χ0v) is 7.88. The van der Waals surface area contributed by atoms with Crippen molar-refractivity contribution in [2.75, 3.05) is 14.2 Å². The summed E-state index contributed by atoms with van der Waals surface area (Å²) in [6.07, 6.45) is 0. The molecule has 0 aliphatic rings. The van der Waals surface area contributed by atoms with Crippen LogP contribution in [0.4, 0.5) is 0 Å². The largest absolute Gasteiger partial charge is 0.552 e. The first-order valence-corrected chi connectivity index (χ1v) is 4.61. The van der Waals surface area contributed by atoms with Gasteiger partial charge in [-0.15, -0.1) is 4.52 Å². The van der Waals surface area contributed by atoms with E-state index in [0.717, 1.165) is 0 Å². The lowest BCUT2D eigenvalue weighted by atomic mass is 10.3. The van der Waals surface area contributed by atoms with Gasteiger partial charge in [0.2, 0.25) is 0 Å². The molecule has 1 aromatic carbocycles. The van der Waals surface area contributed by atoms with Crippen LogP contribution in [0.25, 0.3) is 0 Å².